The normalized spacial score (nSPS) is 15.6. The van der Waals surface area contributed by atoms with Gasteiger partial charge in [-0.05, 0) is 59.2 Å². The fourth-order valence-corrected chi connectivity index (χ4v) is 3.55. The van der Waals surface area contributed by atoms with E-state index in [1.165, 1.54) is 4.90 Å². The van der Waals surface area contributed by atoms with E-state index in [0.29, 0.717) is 10.7 Å². The van der Waals surface area contributed by atoms with Gasteiger partial charge < -0.3 is 0 Å². The van der Waals surface area contributed by atoms with Gasteiger partial charge in [-0.3, -0.25) is 19.8 Å². The van der Waals surface area contributed by atoms with Crippen LogP contribution in [0.25, 0.3) is 17.2 Å². The maximum atomic E-state index is 13.2. The molecule has 1 aliphatic rings. The lowest BCUT2D eigenvalue weighted by molar-refractivity contribution is -0.122. The van der Waals surface area contributed by atoms with Gasteiger partial charge in [-0.25, -0.2) is 0 Å². The number of amides is 2. The Balaban J connectivity index is 1.78. The molecule has 0 atom stereocenters. The number of nitrogens with one attached hydrogen (secondary N) is 1. The summed E-state index contributed by atoms with van der Waals surface area (Å²) in [6, 6.07) is 24.1. The lowest BCUT2D eigenvalue weighted by Gasteiger charge is -2.29. The minimum absolute atomic E-state index is 0.0110. The van der Waals surface area contributed by atoms with Gasteiger partial charge in [0.2, 0.25) is 0 Å². The van der Waals surface area contributed by atoms with Gasteiger partial charge in [0, 0.05) is 5.02 Å². The molecule has 3 aromatic carbocycles. The standard InChI is InChI=1S/C23H15ClN2O2S/c24-17-10-12-18(13-11-17)26-22(28)20(21(27)25-23(26)29)14-16-8-4-5-9-19(16)15-6-2-1-3-7-15/h1-14H,(H,25,27,29)/b20-14-. The fourth-order valence-electron chi connectivity index (χ4n) is 3.14. The van der Waals surface area contributed by atoms with Crippen molar-refractivity contribution in [1.82, 2.24) is 5.32 Å². The van der Waals surface area contributed by atoms with Gasteiger partial charge in [-0.1, -0.05) is 66.2 Å². The summed E-state index contributed by atoms with van der Waals surface area (Å²) in [5.74, 6) is -1.00. The van der Waals surface area contributed by atoms with Crippen LogP contribution in [0.2, 0.25) is 5.02 Å². The van der Waals surface area contributed by atoms with E-state index in [1.807, 2.05) is 54.6 Å². The van der Waals surface area contributed by atoms with Gasteiger partial charge in [-0.2, -0.15) is 0 Å². The quantitative estimate of drug-likeness (QED) is 0.376. The Morgan fingerprint density at radius 2 is 1.52 bits per heavy atom. The highest BCUT2D eigenvalue weighted by molar-refractivity contribution is 7.80. The number of thiocarbonyl (C=S) groups is 1. The average Bonchev–Trinajstić information content (AvgIpc) is 2.73. The van der Waals surface area contributed by atoms with E-state index < -0.39 is 11.8 Å². The minimum Gasteiger partial charge on any atom is -0.298 e. The van der Waals surface area contributed by atoms with Crippen LogP contribution >= 0.6 is 23.8 Å². The van der Waals surface area contributed by atoms with Crippen molar-refractivity contribution in [3.8, 4) is 11.1 Å². The molecule has 0 aliphatic carbocycles. The maximum absolute atomic E-state index is 13.2. The minimum atomic E-state index is -0.520. The highest BCUT2D eigenvalue weighted by Gasteiger charge is 2.34. The molecule has 1 fully saturated rings. The largest absolute Gasteiger partial charge is 0.298 e. The molecule has 1 saturated heterocycles. The van der Waals surface area contributed by atoms with Gasteiger partial charge in [0.05, 0.1) is 5.69 Å². The second-order valence-corrected chi connectivity index (χ2v) is 7.21. The van der Waals surface area contributed by atoms with Crippen molar-refractivity contribution < 1.29 is 9.59 Å². The number of carbonyl (C=O) groups excluding carboxylic acids is 2. The summed E-state index contributed by atoms with van der Waals surface area (Å²) >= 11 is 11.2. The lowest BCUT2D eigenvalue weighted by atomic mass is 9.97. The Hall–Kier alpha value is -3.28. The highest BCUT2D eigenvalue weighted by atomic mass is 35.5. The molecule has 0 saturated carbocycles. The van der Waals surface area contributed by atoms with Gasteiger partial charge in [-0.15, -0.1) is 0 Å². The van der Waals surface area contributed by atoms with Crippen molar-refractivity contribution >= 4 is 52.5 Å². The molecular formula is C23H15ClN2O2S. The molecule has 1 N–H and O–H groups in total. The first kappa shape index (κ1) is 19.1. The summed E-state index contributed by atoms with van der Waals surface area (Å²) < 4.78 is 0. The Bertz CT molecular complexity index is 1140. The molecule has 0 radical (unpaired) electrons. The molecule has 2 amide bonds. The third kappa shape index (κ3) is 3.83. The second kappa shape index (κ2) is 7.99. The summed E-state index contributed by atoms with van der Waals surface area (Å²) in [4.78, 5) is 27.0. The Morgan fingerprint density at radius 1 is 0.862 bits per heavy atom. The second-order valence-electron chi connectivity index (χ2n) is 6.39. The summed E-state index contributed by atoms with van der Waals surface area (Å²) in [6.45, 7) is 0. The summed E-state index contributed by atoms with van der Waals surface area (Å²) in [6.07, 6.45) is 1.60. The summed E-state index contributed by atoms with van der Waals surface area (Å²) in [5, 5.41) is 3.18. The zero-order valence-electron chi connectivity index (χ0n) is 15.1. The topological polar surface area (TPSA) is 49.4 Å². The predicted octanol–water partition coefficient (Wildman–Crippen LogP) is 4.84. The molecule has 29 heavy (non-hydrogen) atoms. The van der Waals surface area contributed by atoms with E-state index in [9.17, 15) is 9.59 Å². The molecule has 4 nitrogen and oxygen atoms in total. The van der Waals surface area contributed by atoms with Crippen molar-refractivity contribution in [3.63, 3.8) is 0 Å². The molecule has 0 spiro atoms. The predicted molar refractivity (Wildman–Crippen MR) is 120 cm³/mol. The maximum Gasteiger partial charge on any atom is 0.270 e. The van der Waals surface area contributed by atoms with E-state index in [4.69, 9.17) is 23.8 Å². The molecule has 0 unspecified atom stereocenters. The van der Waals surface area contributed by atoms with Gasteiger partial charge in [0.25, 0.3) is 11.8 Å². The molecule has 6 heteroatoms. The smallest absolute Gasteiger partial charge is 0.270 e. The lowest BCUT2D eigenvalue weighted by Crippen LogP contribution is -2.54. The fraction of sp³-hybridized carbons (Fsp3) is 0. The van der Waals surface area contributed by atoms with E-state index in [1.54, 1.807) is 30.3 Å². The van der Waals surface area contributed by atoms with Crippen LogP contribution in [0, 0.1) is 0 Å². The zero-order valence-corrected chi connectivity index (χ0v) is 16.7. The van der Waals surface area contributed by atoms with Crippen molar-refractivity contribution in [3.05, 3.63) is 95.0 Å². The van der Waals surface area contributed by atoms with Crippen LogP contribution in [0.1, 0.15) is 5.56 Å². The van der Waals surface area contributed by atoms with Crippen LogP contribution in [-0.2, 0) is 9.59 Å². The SMILES string of the molecule is O=C1NC(=S)N(c2ccc(Cl)cc2)C(=O)/C1=C\c1ccccc1-c1ccccc1. The number of benzene rings is 3. The van der Waals surface area contributed by atoms with Gasteiger partial charge in [0.1, 0.15) is 5.57 Å². The number of hydrogen-bond acceptors (Lipinski definition) is 3. The number of halogens is 1. The van der Waals surface area contributed by atoms with Crippen LogP contribution in [0.3, 0.4) is 0 Å². The zero-order chi connectivity index (χ0) is 20.4. The average molecular weight is 419 g/mol. The third-order valence-corrected chi connectivity index (χ3v) is 5.07. The molecular weight excluding hydrogens is 404 g/mol. The number of hydrogen-bond donors (Lipinski definition) is 1. The molecule has 1 heterocycles. The number of nitrogens with zero attached hydrogens (tertiary/aromatic N) is 1. The van der Waals surface area contributed by atoms with E-state index in [2.05, 4.69) is 5.32 Å². The van der Waals surface area contributed by atoms with Crippen LogP contribution in [0.15, 0.2) is 84.4 Å². The van der Waals surface area contributed by atoms with Crippen molar-refractivity contribution in [2.75, 3.05) is 4.90 Å². The molecule has 4 rings (SSSR count). The Labute approximate surface area is 178 Å². The van der Waals surface area contributed by atoms with Crippen molar-refractivity contribution in [2.24, 2.45) is 0 Å². The highest BCUT2D eigenvalue weighted by Crippen LogP contribution is 2.28. The van der Waals surface area contributed by atoms with E-state index in [-0.39, 0.29) is 10.7 Å². The number of anilines is 1. The Morgan fingerprint density at radius 3 is 2.24 bits per heavy atom. The molecule has 142 valence electrons. The third-order valence-electron chi connectivity index (χ3n) is 4.53. The van der Waals surface area contributed by atoms with Crippen molar-refractivity contribution in [1.29, 1.82) is 0 Å². The van der Waals surface area contributed by atoms with Gasteiger partial charge in [0.15, 0.2) is 5.11 Å². The van der Waals surface area contributed by atoms with Crippen LogP contribution < -0.4 is 10.2 Å². The Kier molecular flexibility index (Phi) is 5.25. The molecule has 0 bridgehead atoms. The van der Waals surface area contributed by atoms with Crippen LogP contribution in [0.5, 0.6) is 0 Å². The first-order valence-corrected chi connectivity index (χ1v) is 9.65. The molecule has 0 aromatic heterocycles. The van der Waals surface area contributed by atoms with Crippen LogP contribution in [-0.4, -0.2) is 16.9 Å². The molecule has 3 aromatic rings. The number of rotatable bonds is 3. The first-order valence-electron chi connectivity index (χ1n) is 8.86. The summed E-state index contributed by atoms with van der Waals surface area (Å²) in [7, 11) is 0. The van der Waals surface area contributed by atoms with E-state index >= 15 is 0 Å². The van der Waals surface area contributed by atoms with Crippen molar-refractivity contribution in [2.45, 2.75) is 0 Å². The monoisotopic (exact) mass is 418 g/mol. The first-order chi connectivity index (χ1) is 14.0. The number of carbonyl (C=O) groups is 2. The van der Waals surface area contributed by atoms with Crippen LogP contribution in [0.4, 0.5) is 5.69 Å². The molecule has 1 aliphatic heterocycles. The van der Waals surface area contributed by atoms with Gasteiger partial charge >= 0.3 is 0 Å². The summed E-state index contributed by atoms with van der Waals surface area (Å²) in [5.41, 5.74) is 3.23. The van der Waals surface area contributed by atoms with E-state index in [0.717, 1.165) is 16.7 Å².